The second kappa shape index (κ2) is 5.78. The van der Waals surface area contributed by atoms with Gasteiger partial charge < -0.3 is 15.0 Å². The molecule has 126 valence electrons. The summed E-state index contributed by atoms with van der Waals surface area (Å²) in [5.41, 5.74) is 0.951. The molecule has 4 nitrogen and oxygen atoms in total. The van der Waals surface area contributed by atoms with Crippen LogP contribution in [0.4, 0.5) is 9.18 Å². The molecule has 3 rings (SSSR count). The van der Waals surface area contributed by atoms with Crippen LogP contribution in [0, 0.1) is 11.2 Å². The van der Waals surface area contributed by atoms with E-state index in [0.717, 1.165) is 38.0 Å². The maximum atomic E-state index is 12.9. The molecule has 1 aromatic carbocycles. The zero-order valence-corrected chi connectivity index (χ0v) is 14.1. The average molecular weight is 320 g/mol. The lowest BCUT2D eigenvalue weighted by atomic mass is 9.61. The van der Waals surface area contributed by atoms with Gasteiger partial charge in [-0.1, -0.05) is 12.1 Å². The molecule has 2 fully saturated rings. The van der Waals surface area contributed by atoms with E-state index in [2.05, 4.69) is 5.32 Å². The first-order valence-electron chi connectivity index (χ1n) is 8.21. The fourth-order valence-electron chi connectivity index (χ4n) is 3.47. The molecule has 0 atom stereocenters. The van der Waals surface area contributed by atoms with Crippen LogP contribution >= 0.6 is 0 Å². The molecular formula is C18H25FN2O2. The minimum atomic E-state index is -0.432. The summed E-state index contributed by atoms with van der Waals surface area (Å²) in [6.45, 7) is 8.03. The first-order valence-corrected chi connectivity index (χ1v) is 8.21. The Balaban J connectivity index is 1.37. The second-order valence-corrected chi connectivity index (χ2v) is 7.95. The number of nitrogens with one attached hydrogen (secondary N) is 1. The summed E-state index contributed by atoms with van der Waals surface area (Å²) in [5, 5.41) is 3.50. The summed E-state index contributed by atoms with van der Waals surface area (Å²) in [4.78, 5) is 13.7. The highest BCUT2D eigenvalue weighted by molar-refractivity contribution is 5.69. The summed E-state index contributed by atoms with van der Waals surface area (Å²) in [6, 6.07) is 7.09. The van der Waals surface area contributed by atoms with E-state index in [9.17, 15) is 9.18 Å². The van der Waals surface area contributed by atoms with Gasteiger partial charge in [0.15, 0.2) is 0 Å². The molecule has 1 saturated heterocycles. The number of ether oxygens (including phenoxy) is 1. The van der Waals surface area contributed by atoms with E-state index in [1.165, 1.54) is 12.1 Å². The molecule has 1 spiro atoms. The van der Waals surface area contributed by atoms with Crippen LogP contribution in [0.15, 0.2) is 24.3 Å². The van der Waals surface area contributed by atoms with Gasteiger partial charge in [0.25, 0.3) is 0 Å². The fourth-order valence-corrected chi connectivity index (χ4v) is 3.47. The van der Waals surface area contributed by atoms with Crippen LogP contribution < -0.4 is 5.32 Å². The Kier molecular flexibility index (Phi) is 4.08. The zero-order valence-electron chi connectivity index (χ0n) is 14.1. The number of hydrogen-bond donors (Lipinski definition) is 1. The van der Waals surface area contributed by atoms with Gasteiger partial charge >= 0.3 is 6.09 Å². The monoisotopic (exact) mass is 320 g/mol. The van der Waals surface area contributed by atoms with E-state index in [0.29, 0.717) is 6.04 Å². The van der Waals surface area contributed by atoms with Crippen LogP contribution in [-0.4, -0.2) is 35.7 Å². The Morgan fingerprint density at radius 3 is 2.48 bits per heavy atom. The van der Waals surface area contributed by atoms with Crippen LogP contribution in [0.1, 0.15) is 39.2 Å². The van der Waals surface area contributed by atoms with Gasteiger partial charge in [-0.05, 0) is 51.3 Å². The molecule has 1 N–H and O–H groups in total. The smallest absolute Gasteiger partial charge is 0.410 e. The molecule has 1 heterocycles. The first kappa shape index (κ1) is 16.2. The molecule has 0 unspecified atom stereocenters. The maximum absolute atomic E-state index is 12.9. The third-order valence-electron chi connectivity index (χ3n) is 4.57. The molecule has 1 saturated carbocycles. The van der Waals surface area contributed by atoms with E-state index >= 15 is 0 Å². The molecule has 0 aromatic heterocycles. The van der Waals surface area contributed by atoms with Crippen molar-refractivity contribution in [1.82, 2.24) is 10.2 Å². The van der Waals surface area contributed by atoms with E-state index in [4.69, 9.17) is 4.74 Å². The minimum Gasteiger partial charge on any atom is -0.444 e. The number of carbonyl (C=O) groups excluding carboxylic acids is 1. The van der Waals surface area contributed by atoms with Gasteiger partial charge in [0.2, 0.25) is 0 Å². The SMILES string of the molecule is CC(C)(C)OC(=O)N1CC2(CC(NCc3ccc(F)cc3)C2)C1. The topological polar surface area (TPSA) is 41.6 Å². The average Bonchev–Trinajstić information content (AvgIpc) is 2.35. The molecule has 1 aliphatic heterocycles. The third kappa shape index (κ3) is 3.83. The van der Waals surface area contributed by atoms with Crippen LogP contribution in [0.2, 0.25) is 0 Å². The maximum Gasteiger partial charge on any atom is 0.410 e. The molecule has 23 heavy (non-hydrogen) atoms. The summed E-state index contributed by atoms with van der Waals surface area (Å²) >= 11 is 0. The molecule has 0 bridgehead atoms. The van der Waals surface area contributed by atoms with Gasteiger partial charge in [0.05, 0.1) is 0 Å². The predicted molar refractivity (Wildman–Crippen MR) is 86.5 cm³/mol. The number of rotatable bonds is 3. The van der Waals surface area contributed by atoms with Crippen LogP contribution in [0.25, 0.3) is 0 Å². The summed E-state index contributed by atoms with van der Waals surface area (Å²) < 4.78 is 18.2. The minimum absolute atomic E-state index is 0.201. The van der Waals surface area contributed by atoms with Crippen molar-refractivity contribution in [2.75, 3.05) is 13.1 Å². The summed E-state index contributed by atoms with van der Waals surface area (Å²) in [5.74, 6) is -0.201. The Morgan fingerprint density at radius 1 is 1.30 bits per heavy atom. The number of carbonyl (C=O) groups is 1. The van der Waals surface area contributed by atoms with Crippen molar-refractivity contribution >= 4 is 6.09 Å². The number of hydrogen-bond acceptors (Lipinski definition) is 3. The quantitative estimate of drug-likeness (QED) is 0.929. The Hall–Kier alpha value is -1.62. The molecular weight excluding hydrogens is 295 g/mol. The van der Waals surface area contributed by atoms with Crippen molar-refractivity contribution in [3.8, 4) is 0 Å². The fraction of sp³-hybridized carbons (Fsp3) is 0.611. The largest absolute Gasteiger partial charge is 0.444 e. The molecule has 2 aliphatic rings. The molecule has 1 amide bonds. The second-order valence-electron chi connectivity index (χ2n) is 7.95. The van der Waals surface area contributed by atoms with Gasteiger partial charge in [-0.2, -0.15) is 0 Å². The lowest BCUT2D eigenvalue weighted by Crippen LogP contribution is -2.67. The normalized spacial score (nSPS) is 20.1. The number of likely N-dealkylation sites (tertiary alicyclic amines) is 1. The molecule has 1 aliphatic carbocycles. The van der Waals surface area contributed by atoms with Crippen molar-refractivity contribution in [3.05, 3.63) is 35.6 Å². The Morgan fingerprint density at radius 2 is 1.91 bits per heavy atom. The number of nitrogens with zero attached hydrogens (tertiary/aromatic N) is 1. The van der Waals surface area contributed by atoms with Crippen molar-refractivity contribution in [2.45, 2.75) is 51.8 Å². The Bertz CT molecular complexity index is 566. The number of amides is 1. The van der Waals surface area contributed by atoms with E-state index in [-0.39, 0.29) is 17.3 Å². The highest BCUT2D eigenvalue weighted by atomic mass is 19.1. The zero-order chi connectivity index (χ0) is 16.7. The van der Waals surface area contributed by atoms with E-state index in [1.54, 1.807) is 4.90 Å². The van der Waals surface area contributed by atoms with Crippen molar-refractivity contribution < 1.29 is 13.9 Å². The highest BCUT2D eigenvalue weighted by Gasteiger charge is 2.54. The lowest BCUT2D eigenvalue weighted by molar-refractivity contribution is -0.0830. The van der Waals surface area contributed by atoms with Crippen LogP contribution in [0.3, 0.4) is 0 Å². The van der Waals surface area contributed by atoms with Crippen molar-refractivity contribution in [1.29, 1.82) is 0 Å². The standard InChI is InChI=1S/C18H25FN2O2/c1-17(2,3)23-16(22)21-11-18(12-21)8-15(9-18)20-10-13-4-6-14(19)7-5-13/h4-7,15,20H,8-12H2,1-3H3. The highest BCUT2D eigenvalue weighted by Crippen LogP contribution is 2.48. The third-order valence-corrected chi connectivity index (χ3v) is 4.57. The summed E-state index contributed by atoms with van der Waals surface area (Å²) in [7, 11) is 0. The first-order chi connectivity index (χ1) is 10.7. The van der Waals surface area contributed by atoms with Crippen LogP contribution in [-0.2, 0) is 11.3 Å². The van der Waals surface area contributed by atoms with Gasteiger partial charge in [-0.15, -0.1) is 0 Å². The van der Waals surface area contributed by atoms with Gasteiger partial charge in [-0.3, -0.25) is 0 Å². The molecule has 5 heteroatoms. The van der Waals surface area contributed by atoms with Crippen LogP contribution in [0.5, 0.6) is 0 Å². The van der Waals surface area contributed by atoms with Gasteiger partial charge in [0, 0.05) is 31.1 Å². The van der Waals surface area contributed by atoms with Crippen molar-refractivity contribution in [2.24, 2.45) is 5.41 Å². The number of halogens is 1. The lowest BCUT2D eigenvalue weighted by Gasteiger charge is -2.58. The summed E-state index contributed by atoms with van der Waals surface area (Å²) in [6.07, 6.45) is 1.98. The predicted octanol–water partition coefficient (Wildman–Crippen LogP) is 3.31. The van der Waals surface area contributed by atoms with E-state index < -0.39 is 5.60 Å². The Labute approximate surface area is 137 Å². The van der Waals surface area contributed by atoms with Gasteiger partial charge in [0.1, 0.15) is 11.4 Å². The van der Waals surface area contributed by atoms with Crippen molar-refractivity contribution in [3.63, 3.8) is 0 Å². The number of benzene rings is 1. The van der Waals surface area contributed by atoms with E-state index in [1.807, 2.05) is 32.9 Å². The van der Waals surface area contributed by atoms with Gasteiger partial charge in [-0.25, -0.2) is 9.18 Å². The molecule has 0 radical (unpaired) electrons. The molecule has 1 aromatic rings.